The SMILES string of the molecule is CC(F)(F)c1ccc(CC(Cc2ccc(C(C)(F)F)c(Br)c2)(c2ccccc2)c2nn[nH]n2)cc1Br. The number of tetrazole rings is 1. The summed E-state index contributed by atoms with van der Waals surface area (Å²) in [6.45, 7) is 1.70. The molecule has 10 heteroatoms. The molecule has 0 radical (unpaired) electrons. The van der Waals surface area contributed by atoms with Gasteiger partial charge < -0.3 is 0 Å². The van der Waals surface area contributed by atoms with Gasteiger partial charge in [0.25, 0.3) is 11.8 Å². The molecule has 0 saturated carbocycles. The molecule has 0 bridgehead atoms. The maximum Gasteiger partial charge on any atom is 0.271 e. The van der Waals surface area contributed by atoms with Crippen LogP contribution in [0.25, 0.3) is 0 Å². The summed E-state index contributed by atoms with van der Waals surface area (Å²) in [6, 6.07) is 19.0. The van der Waals surface area contributed by atoms with Crippen molar-refractivity contribution < 1.29 is 17.6 Å². The Morgan fingerprint density at radius 3 is 1.64 bits per heavy atom. The number of nitrogens with zero attached hydrogens (tertiary/aromatic N) is 3. The lowest BCUT2D eigenvalue weighted by Gasteiger charge is -2.32. The molecule has 36 heavy (non-hydrogen) atoms. The van der Waals surface area contributed by atoms with Gasteiger partial charge in [-0.25, -0.2) is 17.6 Å². The molecule has 0 aliphatic heterocycles. The number of aromatic amines is 1. The maximum absolute atomic E-state index is 14.0. The van der Waals surface area contributed by atoms with Gasteiger partial charge in [-0.2, -0.15) is 5.21 Å². The van der Waals surface area contributed by atoms with Crippen LogP contribution in [0.15, 0.2) is 75.7 Å². The molecule has 4 aromatic rings. The number of halogens is 6. The highest BCUT2D eigenvalue weighted by molar-refractivity contribution is 9.10. The second kappa shape index (κ2) is 10.0. The first-order valence-electron chi connectivity index (χ1n) is 11.0. The zero-order valence-corrected chi connectivity index (χ0v) is 22.5. The van der Waals surface area contributed by atoms with Crippen LogP contribution in [-0.2, 0) is 30.1 Å². The largest absolute Gasteiger partial charge is 0.271 e. The Bertz CT molecular complexity index is 1270. The minimum atomic E-state index is -3.00. The third-order valence-electron chi connectivity index (χ3n) is 6.12. The minimum absolute atomic E-state index is 0.115. The van der Waals surface area contributed by atoms with Crippen molar-refractivity contribution in [2.24, 2.45) is 0 Å². The Hall–Kier alpha value is -2.59. The highest BCUT2D eigenvalue weighted by Crippen LogP contribution is 2.41. The van der Waals surface area contributed by atoms with Gasteiger partial charge in [0.15, 0.2) is 5.82 Å². The van der Waals surface area contributed by atoms with Gasteiger partial charge in [-0.3, -0.25) is 0 Å². The predicted molar refractivity (Wildman–Crippen MR) is 136 cm³/mol. The maximum atomic E-state index is 14.0. The molecular formula is C26H22Br2F4N4. The van der Waals surface area contributed by atoms with Crippen molar-refractivity contribution in [2.45, 2.75) is 43.9 Å². The number of benzene rings is 3. The fraction of sp³-hybridized carbons (Fsp3) is 0.269. The molecule has 0 aliphatic carbocycles. The first-order chi connectivity index (χ1) is 16.9. The molecule has 1 N–H and O–H groups in total. The first kappa shape index (κ1) is 26.5. The molecule has 1 heterocycles. The van der Waals surface area contributed by atoms with Gasteiger partial charge in [-0.05, 0) is 41.7 Å². The lowest BCUT2D eigenvalue weighted by Crippen LogP contribution is -2.35. The second-order valence-corrected chi connectivity index (χ2v) is 10.7. The Morgan fingerprint density at radius 2 is 1.25 bits per heavy atom. The lowest BCUT2D eigenvalue weighted by atomic mass is 9.70. The molecule has 0 atom stereocenters. The lowest BCUT2D eigenvalue weighted by molar-refractivity contribution is 0.0160. The van der Waals surface area contributed by atoms with Gasteiger partial charge in [0.1, 0.15) is 0 Å². The molecule has 4 nitrogen and oxygen atoms in total. The number of hydrogen-bond donors (Lipinski definition) is 1. The molecule has 0 aliphatic rings. The van der Waals surface area contributed by atoms with E-state index in [2.05, 4.69) is 52.5 Å². The van der Waals surface area contributed by atoms with Gasteiger partial charge in [0.05, 0.1) is 5.41 Å². The standard InChI is InChI=1S/C26H22Br2F4N4/c1-24(29,30)19-10-8-16(12-21(19)27)14-26(23-33-35-36-34-23,18-6-4-3-5-7-18)15-17-9-11-20(22(28)13-17)25(2,31)32/h3-13H,14-15H2,1-2H3,(H,33,34,35,36). The summed E-state index contributed by atoms with van der Waals surface area (Å²) >= 11 is 6.58. The Morgan fingerprint density at radius 1 is 0.750 bits per heavy atom. The van der Waals surface area contributed by atoms with E-state index in [4.69, 9.17) is 0 Å². The van der Waals surface area contributed by atoms with E-state index in [0.717, 1.165) is 30.5 Å². The summed E-state index contributed by atoms with van der Waals surface area (Å²) in [5.74, 6) is -5.61. The third-order valence-corrected chi connectivity index (χ3v) is 7.44. The van der Waals surface area contributed by atoms with Crippen LogP contribution in [0.1, 0.15) is 47.5 Å². The van der Waals surface area contributed by atoms with Crippen molar-refractivity contribution in [2.75, 3.05) is 0 Å². The fourth-order valence-electron chi connectivity index (χ4n) is 4.42. The van der Waals surface area contributed by atoms with Gasteiger partial charge >= 0.3 is 0 Å². The predicted octanol–water partition coefficient (Wildman–Crippen LogP) is 7.72. The van der Waals surface area contributed by atoms with Crippen LogP contribution in [0, 0.1) is 0 Å². The smallest absolute Gasteiger partial charge is 0.202 e. The quantitative estimate of drug-likeness (QED) is 0.204. The van der Waals surface area contributed by atoms with Crippen molar-refractivity contribution in [3.63, 3.8) is 0 Å². The van der Waals surface area contributed by atoms with Crippen LogP contribution < -0.4 is 0 Å². The van der Waals surface area contributed by atoms with Crippen molar-refractivity contribution in [1.82, 2.24) is 20.6 Å². The zero-order valence-electron chi connectivity index (χ0n) is 19.4. The minimum Gasteiger partial charge on any atom is -0.202 e. The van der Waals surface area contributed by atoms with E-state index in [1.54, 1.807) is 24.3 Å². The van der Waals surface area contributed by atoms with Crippen molar-refractivity contribution in [3.05, 3.63) is 109 Å². The number of H-pyrrole nitrogens is 1. The Kier molecular flexibility index (Phi) is 7.39. The van der Waals surface area contributed by atoms with Crippen molar-refractivity contribution >= 4 is 31.9 Å². The normalized spacial score (nSPS) is 12.7. The summed E-state index contributed by atoms with van der Waals surface area (Å²) in [5.41, 5.74) is 1.29. The molecular weight excluding hydrogens is 604 g/mol. The summed E-state index contributed by atoms with van der Waals surface area (Å²) in [7, 11) is 0. The van der Waals surface area contributed by atoms with E-state index in [-0.39, 0.29) is 11.1 Å². The Balaban J connectivity index is 1.85. The van der Waals surface area contributed by atoms with Crippen LogP contribution in [0.2, 0.25) is 0 Å². The molecule has 0 spiro atoms. The van der Waals surface area contributed by atoms with Gasteiger partial charge in [0, 0.05) is 33.9 Å². The highest BCUT2D eigenvalue weighted by Gasteiger charge is 2.40. The number of hydrogen-bond acceptors (Lipinski definition) is 3. The van der Waals surface area contributed by atoms with Crippen LogP contribution in [0.4, 0.5) is 17.6 Å². The average molecular weight is 626 g/mol. The fourth-order valence-corrected chi connectivity index (χ4v) is 5.97. The number of alkyl halides is 4. The summed E-state index contributed by atoms with van der Waals surface area (Å²) in [4.78, 5) is 0. The van der Waals surface area contributed by atoms with Gasteiger partial charge in [-0.1, -0.05) is 91.7 Å². The second-order valence-electron chi connectivity index (χ2n) is 8.94. The first-order valence-corrected chi connectivity index (χ1v) is 12.6. The topological polar surface area (TPSA) is 54.5 Å². The molecule has 3 aromatic carbocycles. The Labute approximate surface area is 222 Å². The van der Waals surface area contributed by atoms with Crippen LogP contribution in [0.3, 0.4) is 0 Å². The van der Waals surface area contributed by atoms with Crippen LogP contribution in [-0.4, -0.2) is 20.6 Å². The third kappa shape index (κ3) is 5.54. The van der Waals surface area contributed by atoms with Crippen molar-refractivity contribution in [1.29, 1.82) is 0 Å². The van der Waals surface area contributed by atoms with Crippen molar-refractivity contribution in [3.8, 4) is 0 Å². The average Bonchev–Trinajstić information content (AvgIpc) is 3.33. The van der Waals surface area contributed by atoms with E-state index in [1.807, 2.05) is 30.3 Å². The van der Waals surface area contributed by atoms with E-state index in [1.165, 1.54) is 12.1 Å². The van der Waals surface area contributed by atoms with E-state index < -0.39 is 17.3 Å². The van der Waals surface area contributed by atoms with Gasteiger partial charge in [-0.15, -0.1) is 10.2 Å². The molecule has 0 unspecified atom stereocenters. The highest BCUT2D eigenvalue weighted by atomic mass is 79.9. The van der Waals surface area contributed by atoms with Gasteiger partial charge in [0.2, 0.25) is 0 Å². The summed E-state index contributed by atoms with van der Waals surface area (Å²) in [6.07, 6.45) is 0.683. The van der Waals surface area contributed by atoms with E-state index in [9.17, 15) is 17.6 Å². The summed E-state index contributed by atoms with van der Waals surface area (Å²) < 4.78 is 56.6. The number of aromatic nitrogens is 4. The zero-order chi connectivity index (χ0) is 26.1. The van der Waals surface area contributed by atoms with E-state index >= 15 is 0 Å². The van der Waals surface area contributed by atoms with Crippen LogP contribution in [0.5, 0.6) is 0 Å². The molecule has 0 saturated heterocycles. The summed E-state index contributed by atoms with van der Waals surface area (Å²) in [5, 5.41) is 14.9. The molecule has 0 amide bonds. The number of nitrogens with one attached hydrogen (secondary N) is 1. The molecule has 188 valence electrons. The van der Waals surface area contributed by atoms with Crippen LogP contribution >= 0.6 is 31.9 Å². The molecule has 4 rings (SSSR count). The van der Waals surface area contributed by atoms with E-state index in [0.29, 0.717) is 27.6 Å². The monoisotopic (exact) mass is 624 g/mol. The number of rotatable bonds is 8. The molecule has 0 fully saturated rings. The molecule has 1 aromatic heterocycles.